The van der Waals surface area contributed by atoms with Crippen molar-refractivity contribution in [1.29, 1.82) is 0 Å². The van der Waals surface area contributed by atoms with Crippen molar-refractivity contribution in [3.63, 3.8) is 0 Å². The van der Waals surface area contributed by atoms with Crippen LogP contribution in [0.15, 0.2) is 0 Å². The Bertz CT molecular complexity index is 513. The Hall–Kier alpha value is -1.78. The summed E-state index contributed by atoms with van der Waals surface area (Å²) in [4.78, 5) is 26.0. The van der Waals surface area contributed by atoms with Gasteiger partial charge in [-0.15, -0.1) is 0 Å². The molecule has 3 N–H and O–H groups in total. The van der Waals surface area contributed by atoms with Crippen molar-refractivity contribution in [1.82, 2.24) is 10.3 Å². The molecule has 0 saturated heterocycles. The molecule has 0 aromatic carbocycles. The van der Waals surface area contributed by atoms with Gasteiger partial charge in [0, 0.05) is 12.2 Å². The summed E-state index contributed by atoms with van der Waals surface area (Å²) >= 11 is 0. The molecule has 1 fully saturated rings. The van der Waals surface area contributed by atoms with Crippen LogP contribution in [0.3, 0.4) is 0 Å². The molecule has 1 aromatic heterocycles. The fourth-order valence-corrected chi connectivity index (χ4v) is 3.08. The van der Waals surface area contributed by atoms with Crippen LogP contribution in [0.25, 0.3) is 0 Å². The van der Waals surface area contributed by atoms with Gasteiger partial charge in [0.2, 0.25) is 0 Å². The van der Waals surface area contributed by atoms with Crippen LogP contribution in [0.5, 0.6) is 0 Å². The SMILES string of the molecule is Cc1[nH]c(C(=O)O)c(C)c1C(=O)NCCC1CCCC1. The number of nitrogens with one attached hydrogen (secondary N) is 2. The number of amides is 1. The second kappa shape index (κ2) is 6.11. The van der Waals surface area contributed by atoms with E-state index in [2.05, 4.69) is 10.3 Å². The number of rotatable bonds is 5. The number of carboxylic acids is 1. The Labute approximate surface area is 118 Å². The average Bonchev–Trinajstić information content (AvgIpc) is 2.97. The largest absolute Gasteiger partial charge is 0.477 e. The van der Waals surface area contributed by atoms with Crippen molar-refractivity contribution in [2.45, 2.75) is 46.0 Å². The molecule has 110 valence electrons. The number of aromatic amines is 1. The summed E-state index contributed by atoms with van der Waals surface area (Å²) in [5.74, 6) is -0.476. The molecule has 0 unspecified atom stereocenters. The zero-order valence-electron chi connectivity index (χ0n) is 12.1. The molecule has 20 heavy (non-hydrogen) atoms. The third kappa shape index (κ3) is 3.03. The summed E-state index contributed by atoms with van der Waals surface area (Å²) in [7, 11) is 0. The summed E-state index contributed by atoms with van der Waals surface area (Å²) in [6.45, 7) is 4.06. The average molecular weight is 278 g/mol. The van der Waals surface area contributed by atoms with E-state index in [0.29, 0.717) is 23.4 Å². The highest BCUT2D eigenvalue weighted by Gasteiger charge is 2.21. The maximum Gasteiger partial charge on any atom is 0.352 e. The van der Waals surface area contributed by atoms with Crippen LogP contribution >= 0.6 is 0 Å². The third-order valence-electron chi connectivity index (χ3n) is 4.19. The number of aromatic carboxylic acids is 1. The van der Waals surface area contributed by atoms with Gasteiger partial charge in [0.05, 0.1) is 5.56 Å². The van der Waals surface area contributed by atoms with E-state index in [1.54, 1.807) is 13.8 Å². The normalized spacial score (nSPS) is 15.5. The number of aromatic nitrogens is 1. The van der Waals surface area contributed by atoms with Crippen molar-refractivity contribution < 1.29 is 14.7 Å². The lowest BCUT2D eigenvalue weighted by Crippen LogP contribution is -2.26. The van der Waals surface area contributed by atoms with E-state index in [1.807, 2.05) is 0 Å². The molecule has 0 atom stereocenters. The minimum atomic E-state index is -1.03. The first-order chi connectivity index (χ1) is 9.50. The molecule has 5 heteroatoms. The van der Waals surface area contributed by atoms with Crippen LogP contribution in [0.2, 0.25) is 0 Å². The van der Waals surface area contributed by atoms with Gasteiger partial charge in [-0.25, -0.2) is 4.79 Å². The highest BCUT2D eigenvalue weighted by molar-refractivity contribution is 6.00. The maximum atomic E-state index is 12.2. The molecule has 1 aromatic rings. The van der Waals surface area contributed by atoms with Crippen molar-refractivity contribution in [3.05, 3.63) is 22.5 Å². The van der Waals surface area contributed by atoms with Gasteiger partial charge in [0.1, 0.15) is 5.69 Å². The zero-order valence-corrected chi connectivity index (χ0v) is 12.1. The van der Waals surface area contributed by atoms with Gasteiger partial charge in [-0.3, -0.25) is 4.79 Å². The second-order valence-electron chi connectivity index (χ2n) is 5.63. The summed E-state index contributed by atoms with van der Waals surface area (Å²) in [5, 5.41) is 11.9. The monoisotopic (exact) mass is 278 g/mol. The van der Waals surface area contributed by atoms with E-state index in [-0.39, 0.29) is 11.6 Å². The first-order valence-corrected chi connectivity index (χ1v) is 7.21. The Kier molecular flexibility index (Phi) is 4.47. The smallest absolute Gasteiger partial charge is 0.352 e. The minimum Gasteiger partial charge on any atom is -0.477 e. The maximum absolute atomic E-state index is 12.2. The molecule has 0 spiro atoms. The van der Waals surface area contributed by atoms with Crippen molar-refractivity contribution in [2.75, 3.05) is 6.54 Å². The lowest BCUT2D eigenvalue weighted by Gasteiger charge is -2.10. The standard InChI is InChI=1S/C15H22N2O3/c1-9-12(10(2)17-13(9)15(19)20)14(18)16-8-7-11-5-3-4-6-11/h11,17H,3-8H2,1-2H3,(H,16,18)(H,19,20). The first-order valence-electron chi connectivity index (χ1n) is 7.21. The highest BCUT2D eigenvalue weighted by atomic mass is 16.4. The number of H-pyrrole nitrogens is 1. The van der Waals surface area contributed by atoms with Crippen molar-refractivity contribution in [3.8, 4) is 0 Å². The van der Waals surface area contributed by atoms with E-state index >= 15 is 0 Å². The van der Waals surface area contributed by atoms with Crippen LogP contribution in [0.1, 0.15) is 64.2 Å². The Balaban J connectivity index is 1.96. The van der Waals surface area contributed by atoms with Gasteiger partial charge >= 0.3 is 5.97 Å². The third-order valence-corrected chi connectivity index (χ3v) is 4.19. The molecular formula is C15H22N2O3. The van der Waals surface area contributed by atoms with Gasteiger partial charge in [-0.2, -0.15) is 0 Å². The second-order valence-corrected chi connectivity index (χ2v) is 5.63. The number of hydrogen-bond acceptors (Lipinski definition) is 2. The Morgan fingerprint density at radius 1 is 1.30 bits per heavy atom. The van der Waals surface area contributed by atoms with Crippen molar-refractivity contribution >= 4 is 11.9 Å². The molecule has 0 aliphatic heterocycles. The van der Waals surface area contributed by atoms with E-state index in [0.717, 1.165) is 12.3 Å². The quantitative estimate of drug-likeness (QED) is 0.774. The molecule has 1 amide bonds. The molecule has 5 nitrogen and oxygen atoms in total. The van der Waals surface area contributed by atoms with Gasteiger partial charge < -0.3 is 15.4 Å². The summed E-state index contributed by atoms with van der Waals surface area (Å²) < 4.78 is 0. The fourth-order valence-electron chi connectivity index (χ4n) is 3.08. The molecule has 0 radical (unpaired) electrons. The van der Waals surface area contributed by atoms with Gasteiger partial charge in [0.25, 0.3) is 5.91 Å². The molecule has 2 rings (SSSR count). The van der Waals surface area contributed by atoms with E-state index < -0.39 is 5.97 Å². The Morgan fingerprint density at radius 2 is 1.95 bits per heavy atom. The number of carbonyl (C=O) groups excluding carboxylic acids is 1. The molecule has 1 heterocycles. The number of hydrogen-bond donors (Lipinski definition) is 3. The summed E-state index contributed by atoms with van der Waals surface area (Å²) in [5.41, 5.74) is 1.68. The molecule has 1 aliphatic carbocycles. The predicted octanol–water partition coefficient (Wildman–Crippen LogP) is 2.64. The fraction of sp³-hybridized carbons (Fsp3) is 0.600. The van der Waals surface area contributed by atoms with Crippen molar-refractivity contribution in [2.24, 2.45) is 5.92 Å². The van der Waals surface area contributed by atoms with Crippen LogP contribution < -0.4 is 5.32 Å². The van der Waals surface area contributed by atoms with E-state index in [9.17, 15) is 9.59 Å². The topological polar surface area (TPSA) is 82.2 Å². The number of carboxylic acid groups (broad SMARTS) is 1. The van der Waals surface area contributed by atoms with Gasteiger partial charge in [0.15, 0.2) is 0 Å². The van der Waals surface area contributed by atoms with Gasteiger partial charge in [-0.1, -0.05) is 25.7 Å². The first kappa shape index (κ1) is 14.6. The van der Waals surface area contributed by atoms with Crippen LogP contribution in [0, 0.1) is 19.8 Å². The van der Waals surface area contributed by atoms with Gasteiger partial charge in [-0.05, 0) is 31.7 Å². The zero-order chi connectivity index (χ0) is 14.7. The van der Waals surface area contributed by atoms with E-state index in [4.69, 9.17) is 5.11 Å². The molecular weight excluding hydrogens is 256 g/mol. The van der Waals surface area contributed by atoms with Crippen LogP contribution in [-0.4, -0.2) is 28.5 Å². The summed E-state index contributed by atoms with van der Waals surface area (Å²) in [6.07, 6.45) is 6.15. The predicted molar refractivity (Wildman–Crippen MR) is 76.1 cm³/mol. The van der Waals surface area contributed by atoms with E-state index in [1.165, 1.54) is 25.7 Å². The molecule has 1 saturated carbocycles. The molecule has 1 aliphatic rings. The Morgan fingerprint density at radius 3 is 2.50 bits per heavy atom. The lowest BCUT2D eigenvalue weighted by atomic mass is 10.0. The van der Waals surface area contributed by atoms with Crippen LogP contribution in [0.4, 0.5) is 0 Å². The highest BCUT2D eigenvalue weighted by Crippen LogP contribution is 2.27. The molecule has 0 bridgehead atoms. The minimum absolute atomic E-state index is 0.100. The number of aryl methyl sites for hydroxylation is 1. The lowest BCUT2D eigenvalue weighted by molar-refractivity contribution is 0.0690. The summed E-state index contributed by atoms with van der Waals surface area (Å²) in [6, 6.07) is 0. The van der Waals surface area contributed by atoms with Crippen LogP contribution in [-0.2, 0) is 0 Å². The number of carbonyl (C=O) groups is 2.